The van der Waals surface area contributed by atoms with Crippen LogP contribution in [0.15, 0.2) is 24.3 Å². The van der Waals surface area contributed by atoms with Gasteiger partial charge in [-0.25, -0.2) is 4.39 Å². The summed E-state index contributed by atoms with van der Waals surface area (Å²) in [6.07, 6.45) is 2.61. The van der Waals surface area contributed by atoms with Crippen LogP contribution in [0.3, 0.4) is 0 Å². The summed E-state index contributed by atoms with van der Waals surface area (Å²) in [5.74, 6) is -0.264. The first-order valence-electron chi connectivity index (χ1n) is 3.33. The van der Waals surface area contributed by atoms with Crippen LogP contribution >= 0.6 is 11.5 Å². The van der Waals surface area contributed by atoms with Gasteiger partial charge < -0.3 is 0 Å². The number of halogens is 1. The SMILES string of the molecule is Fc1ccccc1-c1[c]nns1. The van der Waals surface area contributed by atoms with Crippen molar-refractivity contribution in [3.8, 4) is 10.4 Å². The van der Waals surface area contributed by atoms with Crippen molar-refractivity contribution in [2.75, 3.05) is 0 Å². The number of hydrogen-bond donors (Lipinski definition) is 0. The third kappa shape index (κ3) is 1.21. The Balaban J connectivity index is 2.55. The predicted molar refractivity (Wildman–Crippen MR) is 44.1 cm³/mol. The van der Waals surface area contributed by atoms with Crippen LogP contribution in [0.2, 0.25) is 0 Å². The Morgan fingerprint density at radius 3 is 2.83 bits per heavy atom. The molecule has 0 N–H and O–H groups in total. The third-order valence-corrected chi connectivity index (χ3v) is 2.10. The summed E-state index contributed by atoms with van der Waals surface area (Å²) in [5.41, 5.74) is 0.507. The second-order valence-electron chi connectivity index (χ2n) is 2.19. The minimum Gasteiger partial charge on any atom is -0.206 e. The summed E-state index contributed by atoms with van der Waals surface area (Å²) in [5, 5.41) is 3.52. The number of rotatable bonds is 1. The molecule has 0 bridgehead atoms. The molecule has 0 aliphatic rings. The molecule has 59 valence electrons. The van der Waals surface area contributed by atoms with Crippen molar-refractivity contribution < 1.29 is 4.39 Å². The van der Waals surface area contributed by atoms with Gasteiger partial charge in [0.15, 0.2) is 0 Å². The highest BCUT2D eigenvalue weighted by atomic mass is 32.1. The first-order valence-corrected chi connectivity index (χ1v) is 4.10. The van der Waals surface area contributed by atoms with E-state index in [1.54, 1.807) is 18.2 Å². The van der Waals surface area contributed by atoms with E-state index in [2.05, 4.69) is 15.8 Å². The first kappa shape index (κ1) is 7.36. The molecule has 0 saturated heterocycles. The van der Waals surface area contributed by atoms with E-state index < -0.39 is 0 Å². The molecule has 0 aliphatic heterocycles. The fraction of sp³-hybridized carbons (Fsp3) is 0. The number of benzene rings is 1. The average Bonchev–Trinajstić information content (AvgIpc) is 2.57. The van der Waals surface area contributed by atoms with Gasteiger partial charge in [-0.3, -0.25) is 0 Å². The Morgan fingerprint density at radius 2 is 2.17 bits per heavy atom. The third-order valence-electron chi connectivity index (χ3n) is 1.44. The summed E-state index contributed by atoms with van der Waals surface area (Å²) < 4.78 is 16.7. The molecule has 2 rings (SSSR count). The molecule has 0 saturated carbocycles. The second kappa shape index (κ2) is 2.98. The molecule has 0 amide bonds. The van der Waals surface area contributed by atoms with Crippen LogP contribution in [0.25, 0.3) is 10.4 Å². The lowest BCUT2D eigenvalue weighted by molar-refractivity contribution is 0.631. The molecule has 0 aliphatic carbocycles. The van der Waals surface area contributed by atoms with E-state index in [4.69, 9.17) is 0 Å². The van der Waals surface area contributed by atoms with E-state index in [0.717, 1.165) is 11.5 Å². The van der Waals surface area contributed by atoms with Crippen LogP contribution in [0.5, 0.6) is 0 Å². The molecule has 0 fully saturated rings. The molecular weight excluding hydrogens is 175 g/mol. The molecule has 0 atom stereocenters. The molecule has 0 unspecified atom stereocenters. The summed E-state index contributed by atoms with van der Waals surface area (Å²) in [6.45, 7) is 0. The lowest BCUT2D eigenvalue weighted by Crippen LogP contribution is -1.78. The zero-order chi connectivity index (χ0) is 8.39. The zero-order valence-corrected chi connectivity index (χ0v) is 6.81. The van der Waals surface area contributed by atoms with Crippen molar-refractivity contribution in [1.29, 1.82) is 0 Å². The quantitative estimate of drug-likeness (QED) is 0.670. The first-order chi connectivity index (χ1) is 5.88. The van der Waals surface area contributed by atoms with E-state index >= 15 is 0 Å². The van der Waals surface area contributed by atoms with Crippen molar-refractivity contribution in [1.82, 2.24) is 9.59 Å². The van der Waals surface area contributed by atoms with Crippen molar-refractivity contribution in [2.24, 2.45) is 0 Å². The maximum absolute atomic E-state index is 13.1. The van der Waals surface area contributed by atoms with Crippen molar-refractivity contribution in [3.05, 3.63) is 36.3 Å². The summed E-state index contributed by atoms with van der Waals surface area (Å²) in [6, 6.07) is 6.50. The lowest BCUT2D eigenvalue weighted by Gasteiger charge is -1.95. The Labute approximate surface area is 72.8 Å². The lowest BCUT2D eigenvalue weighted by atomic mass is 10.2. The Hall–Kier alpha value is -1.29. The van der Waals surface area contributed by atoms with E-state index in [9.17, 15) is 4.39 Å². The van der Waals surface area contributed by atoms with Gasteiger partial charge in [0.25, 0.3) is 0 Å². The van der Waals surface area contributed by atoms with Crippen molar-refractivity contribution in [3.63, 3.8) is 0 Å². The molecule has 1 radical (unpaired) electrons. The predicted octanol–water partition coefficient (Wildman–Crippen LogP) is 2.14. The van der Waals surface area contributed by atoms with Crippen LogP contribution in [0, 0.1) is 12.0 Å². The van der Waals surface area contributed by atoms with Gasteiger partial charge in [-0.15, -0.1) is 5.10 Å². The van der Waals surface area contributed by atoms with Crippen LogP contribution in [-0.2, 0) is 0 Å². The average molecular weight is 179 g/mol. The van der Waals surface area contributed by atoms with Gasteiger partial charge in [0.1, 0.15) is 12.0 Å². The molecular formula is C8H4FN2S. The monoisotopic (exact) mass is 179 g/mol. The van der Waals surface area contributed by atoms with Crippen LogP contribution in [0.1, 0.15) is 0 Å². The summed E-state index contributed by atoms with van der Waals surface area (Å²) in [4.78, 5) is 0.633. The standard InChI is InChI=1S/C8H4FN2S/c9-7-4-2-1-3-6(7)8-5-10-11-12-8/h1-4H. The molecule has 1 heterocycles. The second-order valence-corrected chi connectivity index (χ2v) is 2.95. The van der Waals surface area contributed by atoms with Crippen LogP contribution in [-0.4, -0.2) is 9.59 Å². The molecule has 1 aromatic heterocycles. The normalized spacial score (nSPS) is 10.1. The van der Waals surface area contributed by atoms with E-state index in [1.807, 2.05) is 0 Å². The van der Waals surface area contributed by atoms with Gasteiger partial charge in [0, 0.05) is 5.56 Å². The maximum atomic E-state index is 13.1. The van der Waals surface area contributed by atoms with Gasteiger partial charge in [0.2, 0.25) is 0 Å². The highest BCUT2D eigenvalue weighted by Crippen LogP contribution is 2.23. The largest absolute Gasteiger partial charge is 0.206 e. The van der Waals surface area contributed by atoms with Gasteiger partial charge in [-0.05, 0) is 17.6 Å². The zero-order valence-electron chi connectivity index (χ0n) is 5.99. The fourth-order valence-electron chi connectivity index (χ4n) is 0.902. The molecule has 4 heteroatoms. The van der Waals surface area contributed by atoms with Gasteiger partial charge in [-0.1, -0.05) is 22.7 Å². The van der Waals surface area contributed by atoms with E-state index in [-0.39, 0.29) is 5.82 Å². The van der Waals surface area contributed by atoms with Crippen LogP contribution < -0.4 is 0 Å². The number of nitrogens with zero attached hydrogens (tertiary/aromatic N) is 2. The minimum absolute atomic E-state index is 0.264. The molecule has 12 heavy (non-hydrogen) atoms. The van der Waals surface area contributed by atoms with Gasteiger partial charge in [-0.2, -0.15) is 0 Å². The Bertz CT molecular complexity index is 372. The van der Waals surface area contributed by atoms with Crippen molar-refractivity contribution in [2.45, 2.75) is 0 Å². The Kier molecular flexibility index (Phi) is 1.83. The fourth-order valence-corrected chi connectivity index (χ4v) is 1.41. The van der Waals surface area contributed by atoms with Gasteiger partial charge >= 0.3 is 0 Å². The summed E-state index contributed by atoms with van der Waals surface area (Å²) in [7, 11) is 0. The minimum atomic E-state index is -0.264. The topological polar surface area (TPSA) is 25.8 Å². The van der Waals surface area contributed by atoms with Crippen molar-refractivity contribution >= 4 is 11.5 Å². The van der Waals surface area contributed by atoms with E-state index in [0.29, 0.717) is 10.4 Å². The van der Waals surface area contributed by atoms with E-state index in [1.165, 1.54) is 6.07 Å². The maximum Gasteiger partial charge on any atom is 0.135 e. The smallest absolute Gasteiger partial charge is 0.135 e. The molecule has 2 aromatic rings. The number of aromatic nitrogens is 2. The molecule has 0 spiro atoms. The van der Waals surface area contributed by atoms with Crippen LogP contribution in [0.4, 0.5) is 4.39 Å². The Morgan fingerprint density at radius 1 is 1.33 bits per heavy atom. The molecule has 2 nitrogen and oxygen atoms in total. The highest BCUT2D eigenvalue weighted by Gasteiger charge is 2.05. The molecule has 1 aromatic carbocycles. The highest BCUT2D eigenvalue weighted by molar-refractivity contribution is 7.09. The van der Waals surface area contributed by atoms with Gasteiger partial charge in [0.05, 0.1) is 4.88 Å². The summed E-state index contributed by atoms with van der Waals surface area (Å²) >= 11 is 1.13. The number of hydrogen-bond acceptors (Lipinski definition) is 3.